The number of hydrogen-bond acceptors (Lipinski definition) is 2. The molecule has 3 heteroatoms. The highest BCUT2D eigenvalue weighted by molar-refractivity contribution is 6.30. The van der Waals surface area contributed by atoms with Gasteiger partial charge in [-0.3, -0.25) is 0 Å². The molecule has 1 aromatic carbocycles. The summed E-state index contributed by atoms with van der Waals surface area (Å²) in [6.45, 7) is 2.94. The molecule has 1 fully saturated rings. The molecule has 0 radical (unpaired) electrons. The molecule has 0 saturated heterocycles. The maximum atomic E-state index is 6.12. The van der Waals surface area contributed by atoms with Crippen molar-refractivity contribution in [2.24, 2.45) is 11.7 Å². The Balaban J connectivity index is 2.53. The van der Waals surface area contributed by atoms with E-state index in [1.54, 1.807) is 7.11 Å². The first kappa shape index (κ1) is 12.7. The third-order valence-electron chi connectivity index (χ3n) is 4.27. The van der Waals surface area contributed by atoms with Crippen LogP contribution in [-0.2, 0) is 5.41 Å². The first-order valence-electron chi connectivity index (χ1n) is 6.18. The molecule has 0 bridgehead atoms. The van der Waals surface area contributed by atoms with E-state index in [1.165, 1.54) is 18.4 Å². The highest BCUT2D eigenvalue weighted by Gasteiger charge is 2.42. The average Bonchev–Trinajstić information content (AvgIpc) is 2.71. The van der Waals surface area contributed by atoms with Crippen LogP contribution in [0.25, 0.3) is 0 Å². The van der Waals surface area contributed by atoms with Crippen LogP contribution in [0.4, 0.5) is 0 Å². The zero-order valence-electron chi connectivity index (χ0n) is 10.5. The summed E-state index contributed by atoms with van der Waals surface area (Å²) in [5, 5.41) is 0.757. The van der Waals surface area contributed by atoms with Gasteiger partial charge in [-0.2, -0.15) is 0 Å². The highest BCUT2D eigenvalue weighted by atomic mass is 35.5. The molecule has 2 N–H and O–H groups in total. The summed E-state index contributed by atoms with van der Waals surface area (Å²) in [4.78, 5) is 0. The van der Waals surface area contributed by atoms with Gasteiger partial charge in [0, 0.05) is 22.5 Å². The predicted molar refractivity (Wildman–Crippen MR) is 71.8 cm³/mol. The van der Waals surface area contributed by atoms with E-state index in [0.29, 0.717) is 12.5 Å². The normalized spacial score (nSPS) is 28.4. The van der Waals surface area contributed by atoms with Crippen LogP contribution in [0.1, 0.15) is 31.7 Å². The summed E-state index contributed by atoms with van der Waals surface area (Å²) in [5.41, 5.74) is 7.28. The SMILES string of the molecule is COc1ccc(Cl)cc1C1(CN)CCCC1C. The molecule has 17 heavy (non-hydrogen) atoms. The molecule has 1 aliphatic carbocycles. The van der Waals surface area contributed by atoms with E-state index in [9.17, 15) is 0 Å². The summed E-state index contributed by atoms with van der Waals surface area (Å²) in [6.07, 6.45) is 3.59. The minimum atomic E-state index is 0.0379. The zero-order valence-corrected chi connectivity index (χ0v) is 11.3. The minimum absolute atomic E-state index is 0.0379. The number of benzene rings is 1. The van der Waals surface area contributed by atoms with Crippen LogP contribution in [0.2, 0.25) is 5.02 Å². The van der Waals surface area contributed by atoms with Gasteiger partial charge in [-0.1, -0.05) is 24.9 Å². The maximum Gasteiger partial charge on any atom is 0.122 e. The fraction of sp³-hybridized carbons (Fsp3) is 0.571. The van der Waals surface area contributed by atoms with E-state index in [-0.39, 0.29) is 5.41 Å². The van der Waals surface area contributed by atoms with Gasteiger partial charge in [0.15, 0.2) is 0 Å². The minimum Gasteiger partial charge on any atom is -0.496 e. The van der Waals surface area contributed by atoms with Gasteiger partial charge >= 0.3 is 0 Å². The van der Waals surface area contributed by atoms with Crippen molar-refractivity contribution in [3.63, 3.8) is 0 Å². The molecule has 1 aromatic rings. The first-order valence-corrected chi connectivity index (χ1v) is 6.56. The molecule has 0 heterocycles. The Kier molecular flexibility index (Phi) is 3.64. The average molecular weight is 254 g/mol. The molecule has 2 rings (SSSR count). The predicted octanol–water partition coefficient (Wildman–Crippen LogP) is 3.37. The molecule has 0 aliphatic heterocycles. The van der Waals surface area contributed by atoms with Gasteiger partial charge in [0.25, 0.3) is 0 Å². The van der Waals surface area contributed by atoms with Crippen LogP contribution in [0.3, 0.4) is 0 Å². The summed E-state index contributed by atoms with van der Waals surface area (Å²) in [7, 11) is 1.70. The second kappa shape index (κ2) is 4.87. The fourth-order valence-corrected chi connectivity index (χ4v) is 3.30. The monoisotopic (exact) mass is 253 g/mol. The second-order valence-electron chi connectivity index (χ2n) is 5.00. The lowest BCUT2D eigenvalue weighted by atomic mass is 9.72. The van der Waals surface area contributed by atoms with Crippen LogP contribution in [0.15, 0.2) is 18.2 Å². The van der Waals surface area contributed by atoms with E-state index >= 15 is 0 Å². The molecular weight excluding hydrogens is 234 g/mol. The van der Waals surface area contributed by atoms with Gasteiger partial charge in [-0.05, 0) is 37.0 Å². The number of nitrogens with two attached hydrogens (primary N) is 1. The molecule has 1 aliphatic rings. The summed E-state index contributed by atoms with van der Waals surface area (Å²) in [6, 6.07) is 5.84. The summed E-state index contributed by atoms with van der Waals surface area (Å²) < 4.78 is 5.47. The molecule has 94 valence electrons. The van der Waals surface area contributed by atoms with Gasteiger partial charge in [-0.25, -0.2) is 0 Å². The Hall–Kier alpha value is -0.730. The smallest absolute Gasteiger partial charge is 0.122 e. The van der Waals surface area contributed by atoms with E-state index in [1.807, 2.05) is 18.2 Å². The van der Waals surface area contributed by atoms with Crippen molar-refractivity contribution in [2.75, 3.05) is 13.7 Å². The van der Waals surface area contributed by atoms with Gasteiger partial charge in [0.2, 0.25) is 0 Å². The van der Waals surface area contributed by atoms with Gasteiger partial charge in [-0.15, -0.1) is 0 Å². The Morgan fingerprint density at radius 2 is 2.29 bits per heavy atom. The number of halogens is 1. The number of hydrogen-bond donors (Lipinski definition) is 1. The van der Waals surface area contributed by atoms with Crippen molar-refractivity contribution in [1.82, 2.24) is 0 Å². The number of rotatable bonds is 3. The lowest BCUT2D eigenvalue weighted by Gasteiger charge is -2.34. The molecule has 2 atom stereocenters. The molecule has 2 unspecified atom stereocenters. The fourth-order valence-electron chi connectivity index (χ4n) is 3.13. The van der Waals surface area contributed by atoms with Gasteiger partial charge in [0.05, 0.1) is 7.11 Å². The van der Waals surface area contributed by atoms with Crippen molar-refractivity contribution < 1.29 is 4.74 Å². The summed E-state index contributed by atoms with van der Waals surface area (Å²) in [5.74, 6) is 1.49. The molecule has 0 amide bonds. The third kappa shape index (κ3) is 2.04. The molecule has 0 spiro atoms. The van der Waals surface area contributed by atoms with E-state index in [2.05, 4.69) is 6.92 Å². The van der Waals surface area contributed by atoms with Crippen molar-refractivity contribution in [3.05, 3.63) is 28.8 Å². The third-order valence-corrected chi connectivity index (χ3v) is 4.50. The number of ether oxygens (including phenoxy) is 1. The lowest BCUT2D eigenvalue weighted by molar-refractivity contribution is 0.323. The zero-order chi connectivity index (χ0) is 12.5. The molecule has 1 saturated carbocycles. The van der Waals surface area contributed by atoms with E-state index in [0.717, 1.165) is 17.2 Å². The quantitative estimate of drug-likeness (QED) is 0.897. The maximum absolute atomic E-state index is 6.12. The van der Waals surface area contributed by atoms with Crippen molar-refractivity contribution in [2.45, 2.75) is 31.6 Å². The van der Waals surface area contributed by atoms with Gasteiger partial charge in [0.1, 0.15) is 5.75 Å². The largest absolute Gasteiger partial charge is 0.496 e. The molecular formula is C14H20ClNO. The molecule has 2 nitrogen and oxygen atoms in total. The highest BCUT2D eigenvalue weighted by Crippen LogP contribution is 2.48. The van der Waals surface area contributed by atoms with Crippen LogP contribution < -0.4 is 10.5 Å². The Bertz CT molecular complexity index is 407. The van der Waals surface area contributed by atoms with E-state index in [4.69, 9.17) is 22.1 Å². The molecule has 0 aromatic heterocycles. The standard InChI is InChI=1S/C14H20ClNO/c1-10-4-3-7-14(10,9-16)12-8-11(15)5-6-13(12)17-2/h5-6,8,10H,3-4,7,9,16H2,1-2H3. The lowest BCUT2D eigenvalue weighted by Crippen LogP contribution is -2.37. The number of methoxy groups -OCH3 is 1. The van der Waals surface area contributed by atoms with Crippen LogP contribution in [-0.4, -0.2) is 13.7 Å². The van der Waals surface area contributed by atoms with Gasteiger partial charge < -0.3 is 10.5 Å². The van der Waals surface area contributed by atoms with E-state index < -0.39 is 0 Å². The Morgan fingerprint density at radius 3 is 2.82 bits per heavy atom. The first-order chi connectivity index (χ1) is 8.14. The van der Waals surface area contributed by atoms with Crippen molar-refractivity contribution >= 4 is 11.6 Å². The van der Waals surface area contributed by atoms with Crippen LogP contribution in [0, 0.1) is 5.92 Å². The topological polar surface area (TPSA) is 35.2 Å². The Labute approximate surface area is 108 Å². The van der Waals surface area contributed by atoms with Crippen molar-refractivity contribution in [1.29, 1.82) is 0 Å². The second-order valence-corrected chi connectivity index (χ2v) is 5.43. The van der Waals surface area contributed by atoms with Crippen LogP contribution in [0.5, 0.6) is 5.75 Å². The van der Waals surface area contributed by atoms with Crippen LogP contribution >= 0.6 is 11.6 Å². The van der Waals surface area contributed by atoms with Crippen molar-refractivity contribution in [3.8, 4) is 5.75 Å². The summed E-state index contributed by atoms with van der Waals surface area (Å²) >= 11 is 6.12. The Morgan fingerprint density at radius 1 is 1.53 bits per heavy atom.